The molecule has 1 nitrogen and oxygen atoms in total. The molecule has 8 aliphatic rings. The molecule has 0 radical (unpaired) electrons. The Kier molecular flexibility index (Phi) is 0.804. The zero-order valence-electron chi connectivity index (χ0n) is 9.37. The highest BCUT2D eigenvalue weighted by atomic mass is 16.3. The monoisotopic (exact) mass is 214 g/mol. The van der Waals surface area contributed by atoms with Crippen LogP contribution in [0.5, 0.6) is 0 Å². The lowest BCUT2D eigenvalue weighted by atomic mass is 9.80. The van der Waals surface area contributed by atoms with Crippen LogP contribution in [0.4, 0.5) is 0 Å². The Morgan fingerprint density at radius 2 is 1.06 bits per heavy atom. The Morgan fingerprint density at radius 1 is 0.625 bits per heavy atom. The molecule has 8 rings (SSSR count). The Morgan fingerprint density at radius 3 is 1.44 bits per heavy atom. The Balaban J connectivity index is 1.63. The van der Waals surface area contributed by atoms with Gasteiger partial charge >= 0.3 is 0 Å². The molecule has 0 aromatic carbocycles. The van der Waals surface area contributed by atoms with Crippen molar-refractivity contribution in [3.8, 4) is 0 Å². The van der Waals surface area contributed by atoms with Crippen molar-refractivity contribution in [1.29, 1.82) is 0 Å². The number of hydrogen-bond donors (Lipinski definition) is 1. The first-order valence-corrected chi connectivity index (χ1v) is 7.54. The van der Waals surface area contributed by atoms with E-state index in [2.05, 4.69) is 0 Å². The summed E-state index contributed by atoms with van der Waals surface area (Å²) in [5, 5.41) is 9.75. The van der Waals surface area contributed by atoms with Gasteiger partial charge in [0.2, 0.25) is 0 Å². The van der Waals surface area contributed by atoms with E-state index in [1.54, 1.807) is 6.42 Å². The molecule has 8 fully saturated rings. The number of aliphatic hydroxyl groups is 1. The molecule has 0 aromatic heterocycles. The quantitative estimate of drug-likeness (QED) is 0.701. The van der Waals surface area contributed by atoms with E-state index in [1.165, 1.54) is 35.5 Å². The third-order valence-corrected chi connectivity index (χ3v) is 9.05. The van der Waals surface area contributed by atoms with Crippen molar-refractivity contribution in [2.75, 3.05) is 6.61 Å². The fourth-order valence-corrected chi connectivity index (χ4v) is 10.0. The van der Waals surface area contributed by atoms with Crippen molar-refractivity contribution in [3.63, 3.8) is 0 Å². The van der Waals surface area contributed by atoms with E-state index in [4.69, 9.17) is 0 Å². The molecule has 0 aliphatic heterocycles. The van der Waals surface area contributed by atoms with Crippen molar-refractivity contribution in [2.24, 2.45) is 76.9 Å². The van der Waals surface area contributed by atoms with Gasteiger partial charge < -0.3 is 5.11 Å². The highest BCUT2D eigenvalue weighted by Gasteiger charge is 2.90. The summed E-state index contributed by atoms with van der Waals surface area (Å²) in [5.41, 5.74) is 0. The molecule has 84 valence electrons. The molecule has 8 unspecified atom stereocenters. The van der Waals surface area contributed by atoms with Crippen molar-refractivity contribution < 1.29 is 5.11 Å². The van der Waals surface area contributed by atoms with Gasteiger partial charge in [-0.3, -0.25) is 0 Å². The molecule has 8 atom stereocenters. The average Bonchev–Trinajstić information content (AvgIpc) is 2.96. The third-order valence-electron chi connectivity index (χ3n) is 9.05. The van der Waals surface area contributed by atoms with Gasteiger partial charge in [-0.05, 0) is 83.4 Å². The predicted octanol–water partition coefficient (Wildman–Crippen LogP) is 1.47. The second-order valence-electron chi connectivity index (χ2n) is 8.18. The molecule has 0 aromatic rings. The summed E-state index contributed by atoms with van der Waals surface area (Å²) in [5.74, 6) is 14.4. The lowest BCUT2D eigenvalue weighted by Crippen LogP contribution is -2.21. The van der Waals surface area contributed by atoms with E-state index in [-0.39, 0.29) is 0 Å². The molecule has 0 heterocycles. The smallest absolute Gasteiger partial charge is 0.0464 e. The highest BCUT2D eigenvalue weighted by Crippen LogP contribution is 2.93. The van der Waals surface area contributed by atoms with Crippen LogP contribution in [0.25, 0.3) is 0 Å². The van der Waals surface area contributed by atoms with Crippen LogP contribution in [0.2, 0.25) is 0 Å². The molecule has 0 saturated heterocycles. The van der Waals surface area contributed by atoms with Gasteiger partial charge in [0, 0.05) is 6.61 Å². The Hall–Kier alpha value is -0.0400. The van der Waals surface area contributed by atoms with Gasteiger partial charge in [0.05, 0.1) is 0 Å². The SMILES string of the molecule is OCC1C2C3C4C5CC6C4C2C2C6C5C3C12. The maximum absolute atomic E-state index is 9.75. The van der Waals surface area contributed by atoms with Gasteiger partial charge in [0.1, 0.15) is 0 Å². The zero-order valence-corrected chi connectivity index (χ0v) is 9.37. The highest BCUT2D eigenvalue weighted by molar-refractivity contribution is 5.37. The zero-order chi connectivity index (χ0) is 9.92. The first-order valence-electron chi connectivity index (χ1n) is 7.54. The second-order valence-corrected chi connectivity index (χ2v) is 8.18. The number of rotatable bonds is 1. The maximum Gasteiger partial charge on any atom is 0.0464 e. The van der Waals surface area contributed by atoms with E-state index in [1.807, 2.05) is 0 Å². The summed E-state index contributed by atoms with van der Waals surface area (Å²) in [6, 6.07) is 0. The molecular weight excluding hydrogens is 196 g/mol. The summed E-state index contributed by atoms with van der Waals surface area (Å²) in [6.45, 7) is 0.531. The molecular formula is C15H18O. The average molecular weight is 214 g/mol. The normalized spacial score (nSPS) is 90.2. The maximum atomic E-state index is 9.75. The molecule has 0 spiro atoms. The van der Waals surface area contributed by atoms with Gasteiger partial charge in [0.25, 0.3) is 0 Å². The first-order chi connectivity index (χ1) is 7.93. The molecule has 0 amide bonds. The van der Waals surface area contributed by atoms with Crippen molar-refractivity contribution in [1.82, 2.24) is 0 Å². The Labute approximate surface area is 95.6 Å². The van der Waals surface area contributed by atoms with Crippen LogP contribution < -0.4 is 0 Å². The van der Waals surface area contributed by atoms with E-state index in [0.29, 0.717) is 6.61 Å². The van der Waals surface area contributed by atoms with E-state index >= 15 is 0 Å². The number of aliphatic hydroxyl groups excluding tert-OH is 1. The van der Waals surface area contributed by atoms with Crippen LogP contribution >= 0.6 is 0 Å². The van der Waals surface area contributed by atoms with E-state index in [0.717, 1.165) is 41.4 Å². The summed E-state index contributed by atoms with van der Waals surface area (Å²) in [4.78, 5) is 0. The summed E-state index contributed by atoms with van der Waals surface area (Å²) < 4.78 is 0. The minimum Gasteiger partial charge on any atom is -0.396 e. The van der Waals surface area contributed by atoms with Crippen molar-refractivity contribution in [2.45, 2.75) is 6.42 Å². The van der Waals surface area contributed by atoms with Crippen LogP contribution in [0, 0.1) is 76.9 Å². The minimum atomic E-state index is 0.531. The standard InChI is InChI=1S/C15H18O/c16-2-5-10-12-6-3-1-4-8(6)14(10)15-9(4)7(3)13(12)11(5)15/h3-16H,1-2H2. The first kappa shape index (κ1) is 7.41. The van der Waals surface area contributed by atoms with Crippen molar-refractivity contribution >= 4 is 0 Å². The molecule has 8 aliphatic carbocycles. The molecule has 1 heteroatoms. The lowest BCUT2D eigenvalue weighted by Gasteiger charge is -2.25. The van der Waals surface area contributed by atoms with E-state index in [9.17, 15) is 5.11 Å². The Bertz CT molecular complexity index is 361. The molecule has 16 heavy (non-hydrogen) atoms. The van der Waals surface area contributed by atoms with Crippen LogP contribution in [0.15, 0.2) is 0 Å². The van der Waals surface area contributed by atoms with Crippen LogP contribution in [0.1, 0.15) is 6.42 Å². The van der Waals surface area contributed by atoms with Gasteiger partial charge in [-0.1, -0.05) is 0 Å². The topological polar surface area (TPSA) is 20.2 Å². The molecule has 4 bridgehead atoms. The summed E-state index contributed by atoms with van der Waals surface area (Å²) >= 11 is 0. The molecule has 1 N–H and O–H groups in total. The number of hydrogen-bond acceptors (Lipinski definition) is 1. The second kappa shape index (κ2) is 1.74. The summed E-state index contributed by atoms with van der Waals surface area (Å²) in [7, 11) is 0. The van der Waals surface area contributed by atoms with Crippen LogP contribution in [-0.4, -0.2) is 11.7 Å². The van der Waals surface area contributed by atoms with Crippen LogP contribution in [-0.2, 0) is 0 Å². The fraction of sp³-hybridized carbons (Fsp3) is 1.00. The minimum absolute atomic E-state index is 0.531. The van der Waals surface area contributed by atoms with Crippen molar-refractivity contribution in [3.05, 3.63) is 0 Å². The van der Waals surface area contributed by atoms with Gasteiger partial charge in [-0.25, -0.2) is 0 Å². The van der Waals surface area contributed by atoms with Gasteiger partial charge in [0.15, 0.2) is 0 Å². The van der Waals surface area contributed by atoms with Gasteiger partial charge in [-0.2, -0.15) is 0 Å². The summed E-state index contributed by atoms with van der Waals surface area (Å²) in [6.07, 6.45) is 1.65. The predicted molar refractivity (Wildman–Crippen MR) is 57.1 cm³/mol. The lowest BCUT2D eigenvalue weighted by molar-refractivity contribution is 0.172. The largest absolute Gasteiger partial charge is 0.396 e. The van der Waals surface area contributed by atoms with Crippen LogP contribution in [0.3, 0.4) is 0 Å². The molecule has 8 saturated carbocycles. The fourth-order valence-electron chi connectivity index (χ4n) is 10.0. The third kappa shape index (κ3) is 0.386. The van der Waals surface area contributed by atoms with E-state index < -0.39 is 0 Å². The van der Waals surface area contributed by atoms with Gasteiger partial charge in [-0.15, -0.1) is 0 Å².